The van der Waals surface area contributed by atoms with Crippen LogP contribution in [0.2, 0.25) is 0 Å². The maximum Gasteiger partial charge on any atom is 0.303 e. The molecule has 4 fully saturated rings. The number of hydrazine groups is 1. The number of hydrogen-bond acceptors (Lipinski definition) is 7. The summed E-state index contributed by atoms with van der Waals surface area (Å²) in [7, 11) is -3.70. The Morgan fingerprint density at radius 2 is 1.79 bits per heavy atom. The molecule has 0 bridgehead atoms. The molecular weight excluding hydrogens is 556 g/mol. The van der Waals surface area contributed by atoms with Crippen molar-refractivity contribution in [1.29, 1.82) is 0 Å². The minimum atomic E-state index is -3.70. The molecule has 0 unspecified atom stereocenters. The van der Waals surface area contributed by atoms with Crippen LogP contribution in [0.1, 0.15) is 99.8 Å². The molecule has 0 aliphatic heterocycles. The first-order valence-electron chi connectivity index (χ1n) is 15.4. The number of esters is 1. The van der Waals surface area contributed by atoms with Crippen molar-refractivity contribution in [3.05, 3.63) is 22.8 Å². The summed E-state index contributed by atoms with van der Waals surface area (Å²) < 4.78 is 29.6. The lowest BCUT2D eigenvalue weighted by molar-refractivity contribution is -0.223. The summed E-state index contributed by atoms with van der Waals surface area (Å²) in [5.41, 5.74) is 3.59. The highest BCUT2D eigenvalue weighted by Gasteiger charge is 2.70. The monoisotopic (exact) mass is 606 g/mol. The molecule has 0 aromatic heterocycles. The highest BCUT2D eigenvalue weighted by molar-refractivity contribution is 7.88. The van der Waals surface area contributed by atoms with E-state index in [4.69, 9.17) is 4.74 Å². The Labute approximate surface area is 251 Å². The summed E-state index contributed by atoms with van der Waals surface area (Å²) in [4.78, 5) is 40.9. The van der Waals surface area contributed by atoms with Crippen molar-refractivity contribution in [2.24, 2.45) is 39.9 Å². The van der Waals surface area contributed by atoms with Crippen molar-refractivity contribution < 1.29 is 32.6 Å². The molecule has 236 valence electrons. The predicted molar refractivity (Wildman–Crippen MR) is 160 cm³/mol. The van der Waals surface area contributed by atoms with E-state index >= 15 is 0 Å². The molecule has 0 heterocycles. The van der Waals surface area contributed by atoms with Gasteiger partial charge in [-0.25, -0.2) is 8.42 Å². The van der Waals surface area contributed by atoms with Gasteiger partial charge in [0.25, 0.3) is 5.91 Å². The first kappa shape index (κ1) is 32.9. The second kappa shape index (κ2) is 11.5. The van der Waals surface area contributed by atoms with E-state index in [2.05, 4.69) is 31.0 Å². The Kier molecular flexibility index (Phi) is 8.98. The van der Waals surface area contributed by atoms with E-state index in [-0.39, 0.29) is 34.5 Å². The number of ether oxygens (including phenoxy) is 1. The van der Waals surface area contributed by atoms with Crippen molar-refractivity contribution in [2.45, 2.75) is 112 Å². The molecule has 0 spiro atoms. The second-order valence-corrected chi connectivity index (χ2v) is 16.2. The van der Waals surface area contributed by atoms with Crippen molar-refractivity contribution in [3.63, 3.8) is 0 Å². The Balaban J connectivity index is 1.85. The van der Waals surface area contributed by atoms with Gasteiger partial charge in [-0.05, 0) is 98.4 Å². The molecule has 10 heteroatoms. The van der Waals surface area contributed by atoms with E-state index in [1.807, 2.05) is 26.8 Å². The molecule has 3 N–H and O–H groups in total. The third kappa shape index (κ3) is 5.63. The van der Waals surface area contributed by atoms with Gasteiger partial charge < -0.3 is 9.84 Å². The minimum absolute atomic E-state index is 0.0356. The molecule has 4 saturated carbocycles. The van der Waals surface area contributed by atoms with Crippen LogP contribution in [-0.4, -0.2) is 49.6 Å². The second-order valence-electron chi connectivity index (χ2n) is 14.5. The average Bonchev–Trinajstić information content (AvgIpc) is 3.13. The molecule has 4 rings (SSSR count). The lowest BCUT2D eigenvalue weighted by Gasteiger charge is -2.68. The van der Waals surface area contributed by atoms with E-state index < -0.39 is 39.5 Å². The number of carbonyl (C=O) groups excluding carboxylic acids is 3. The van der Waals surface area contributed by atoms with Gasteiger partial charge in [-0.2, -0.15) is 0 Å². The molecule has 4 aliphatic rings. The summed E-state index contributed by atoms with van der Waals surface area (Å²) >= 11 is 0. The van der Waals surface area contributed by atoms with Gasteiger partial charge in [-0.1, -0.05) is 39.3 Å². The number of sulfonamides is 1. The molecule has 9 atom stereocenters. The van der Waals surface area contributed by atoms with E-state index in [9.17, 15) is 27.9 Å². The van der Waals surface area contributed by atoms with E-state index in [0.29, 0.717) is 49.0 Å². The van der Waals surface area contributed by atoms with Gasteiger partial charge in [0.15, 0.2) is 0 Å². The van der Waals surface area contributed by atoms with Crippen LogP contribution in [0, 0.1) is 39.9 Å². The van der Waals surface area contributed by atoms with Gasteiger partial charge in [-0.3, -0.25) is 19.8 Å². The van der Waals surface area contributed by atoms with Crippen LogP contribution in [0.25, 0.3) is 0 Å². The van der Waals surface area contributed by atoms with Gasteiger partial charge in [0, 0.05) is 24.8 Å². The maximum absolute atomic E-state index is 13.7. The lowest BCUT2D eigenvalue weighted by Crippen LogP contribution is -2.65. The van der Waals surface area contributed by atoms with Crippen molar-refractivity contribution in [2.75, 3.05) is 6.26 Å². The van der Waals surface area contributed by atoms with Gasteiger partial charge in [0.2, 0.25) is 10.0 Å². The van der Waals surface area contributed by atoms with Gasteiger partial charge >= 0.3 is 5.97 Å². The minimum Gasteiger partial charge on any atom is -0.458 e. The van der Waals surface area contributed by atoms with Crippen LogP contribution in [0.4, 0.5) is 0 Å². The highest BCUT2D eigenvalue weighted by atomic mass is 32.2. The van der Waals surface area contributed by atoms with Crippen molar-refractivity contribution in [1.82, 2.24) is 10.3 Å². The molecule has 0 saturated heterocycles. The summed E-state index contributed by atoms with van der Waals surface area (Å²) in [5.74, 6) is -0.830. The zero-order valence-corrected chi connectivity index (χ0v) is 27.3. The van der Waals surface area contributed by atoms with Crippen LogP contribution >= 0.6 is 0 Å². The molecule has 9 nitrogen and oxygen atoms in total. The summed E-state index contributed by atoms with van der Waals surface area (Å²) in [6.07, 6.45) is 6.46. The number of Topliss-reactive ketones (excluding diaryl/α,β-unsaturated/α-hetero) is 1. The third-order valence-corrected chi connectivity index (χ3v) is 12.2. The maximum atomic E-state index is 13.7. The molecular formula is C32H50N2O7S. The van der Waals surface area contributed by atoms with Gasteiger partial charge in [-0.15, -0.1) is 4.83 Å². The topological polar surface area (TPSA) is 139 Å². The summed E-state index contributed by atoms with van der Waals surface area (Å²) in [5, 5.41) is 12.0. The molecule has 1 amide bonds. The molecule has 0 aromatic rings. The number of ketones is 1. The number of carbonyl (C=O) groups is 3. The van der Waals surface area contributed by atoms with Gasteiger partial charge in [0.1, 0.15) is 11.9 Å². The van der Waals surface area contributed by atoms with E-state index in [1.54, 1.807) is 0 Å². The Hall–Kier alpha value is -2.04. The number of rotatable bonds is 7. The number of aliphatic hydroxyl groups is 1. The average molecular weight is 607 g/mol. The number of hydrogen-bond donors (Lipinski definition) is 3. The van der Waals surface area contributed by atoms with Crippen molar-refractivity contribution >= 4 is 27.7 Å². The Bertz CT molecular complexity index is 1300. The fraction of sp³-hybridized carbons (Fsp3) is 0.781. The fourth-order valence-electron chi connectivity index (χ4n) is 9.83. The quantitative estimate of drug-likeness (QED) is 0.169. The summed E-state index contributed by atoms with van der Waals surface area (Å²) in [6, 6.07) is 0. The molecule has 4 aliphatic carbocycles. The Morgan fingerprint density at radius 1 is 1.12 bits per heavy atom. The van der Waals surface area contributed by atoms with E-state index in [0.717, 1.165) is 31.1 Å². The summed E-state index contributed by atoms with van der Waals surface area (Å²) in [6.45, 7) is 14.1. The number of amides is 1. The smallest absolute Gasteiger partial charge is 0.303 e. The molecule has 42 heavy (non-hydrogen) atoms. The molecule has 0 aromatic carbocycles. The normalized spacial score (nSPS) is 40.7. The number of allylic oxidation sites excluding steroid dienone is 2. The van der Waals surface area contributed by atoms with Crippen LogP contribution in [0.15, 0.2) is 22.8 Å². The van der Waals surface area contributed by atoms with Crippen LogP contribution in [0.3, 0.4) is 0 Å². The lowest BCUT2D eigenvalue weighted by atomic mass is 9.36. The predicted octanol–water partition coefficient (Wildman–Crippen LogP) is 4.37. The number of nitrogens with one attached hydrogen (secondary N) is 2. The SMILES string of the molecule is CC(=O)O[C@H]1C[C@@]2(C)[C@@H](C[C@@H](O)[C@H]3[C@@]4(C)CCC(=O)[C@@H](C)[C@@H]4CC[C@@]32C)/C1=C(\CCC=C(C)C)C(=O)NNS(C)(=O)=O. The number of fused-ring (bicyclic) bond motifs is 5. The highest BCUT2D eigenvalue weighted by Crippen LogP contribution is 2.74. The zero-order chi connectivity index (χ0) is 31.4. The standard InChI is InChI=1S/C32H50N2O7S/c1-18(2)10-9-11-21(29(38)33-34-42(8,39)40)27-23-16-25(37)28-30(5)14-13-24(36)19(3)22(30)12-15-31(28,6)32(23,7)17-26(27)41-20(4)35/h10,19,22-23,25-26,28,34,37H,9,11-17H2,1-8H3,(H,33,38)/b27-21-/t19-,22-,23-,25+,26-,28-,30-,31-,32-/m0/s1. The fourth-order valence-corrected chi connectivity index (χ4v) is 10.1. The first-order chi connectivity index (χ1) is 19.4. The largest absolute Gasteiger partial charge is 0.458 e. The molecule has 0 radical (unpaired) electrons. The Morgan fingerprint density at radius 3 is 2.38 bits per heavy atom. The zero-order valence-electron chi connectivity index (χ0n) is 26.5. The van der Waals surface area contributed by atoms with Crippen LogP contribution in [-0.2, 0) is 29.1 Å². The van der Waals surface area contributed by atoms with E-state index in [1.165, 1.54) is 6.92 Å². The number of aliphatic hydroxyl groups excluding tert-OH is 1. The first-order valence-corrected chi connectivity index (χ1v) is 17.3. The van der Waals surface area contributed by atoms with Crippen molar-refractivity contribution in [3.8, 4) is 0 Å². The third-order valence-electron chi connectivity index (χ3n) is 11.7. The van der Waals surface area contributed by atoms with Crippen LogP contribution in [0.5, 0.6) is 0 Å². The van der Waals surface area contributed by atoms with Gasteiger partial charge in [0.05, 0.1) is 12.4 Å². The van der Waals surface area contributed by atoms with Crippen LogP contribution < -0.4 is 10.3 Å².